The fraction of sp³-hybridized carbons (Fsp3) is 0.500. The van der Waals surface area contributed by atoms with E-state index in [1.54, 1.807) is 0 Å². The molecule has 8 heteroatoms. The van der Waals surface area contributed by atoms with E-state index >= 15 is 0 Å². The minimum Gasteiger partial charge on any atom is -0.480 e. The number of hydrogen-bond donors (Lipinski definition) is 5. The smallest absolute Gasteiger partial charge is 0.466 e. The molecule has 0 unspecified atom stereocenters. The summed E-state index contributed by atoms with van der Waals surface area (Å²) in [5, 5.41) is 15.0. The Labute approximate surface area is 55.8 Å². The Morgan fingerprint density at radius 3 is 1.40 bits per heavy atom. The largest absolute Gasteiger partial charge is 0.480 e. The molecule has 0 aromatic carbocycles. The molecule has 0 atom stereocenters. The van der Waals surface area contributed by atoms with Gasteiger partial charge in [0.1, 0.15) is 6.61 Å². The first kappa shape index (κ1) is 12.2. The molecular formula is C2H7O7P. The Morgan fingerprint density at radius 2 is 1.40 bits per heavy atom. The molecule has 0 radical (unpaired) electrons. The quantitative estimate of drug-likeness (QED) is 0.294. The van der Waals surface area contributed by atoms with Gasteiger partial charge in [0.05, 0.1) is 0 Å². The summed E-state index contributed by atoms with van der Waals surface area (Å²) in [7, 11) is -4.64. The Hall–Kier alpha value is -0.460. The maximum Gasteiger partial charge on any atom is 0.466 e. The van der Waals surface area contributed by atoms with Gasteiger partial charge >= 0.3 is 13.8 Å². The van der Waals surface area contributed by atoms with Crippen molar-refractivity contribution >= 4 is 13.8 Å². The first-order valence-electron chi connectivity index (χ1n) is 1.88. The van der Waals surface area contributed by atoms with E-state index < -0.39 is 20.4 Å². The maximum atomic E-state index is 9.12. The predicted molar refractivity (Wildman–Crippen MR) is 29.0 cm³/mol. The molecule has 10 heavy (non-hydrogen) atoms. The van der Waals surface area contributed by atoms with Gasteiger partial charge < -0.3 is 24.9 Å². The third-order valence-electron chi connectivity index (χ3n) is 0.135. The number of aliphatic hydroxyl groups excluding tert-OH is 1. The summed E-state index contributed by atoms with van der Waals surface area (Å²) < 4.78 is 8.88. The second-order valence-electron chi connectivity index (χ2n) is 1.07. The summed E-state index contributed by atoms with van der Waals surface area (Å²) in [4.78, 5) is 30.7. The van der Waals surface area contributed by atoms with Crippen LogP contribution in [0.3, 0.4) is 0 Å². The molecule has 0 aromatic heterocycles. The normalized spacial score (nSPS) is 9.60. The van der Waals surface area contributed by atoms with E-state index in [2.05, 4.69) is 0 Å². The third kappa shape index (κ3) is 136. The van der Waals surface area contributed by atoms with Crippen LogP contribution in [0.5, 0.6) is 0 Å². The molecule has 0 amide bonds. The van der Waals surface area contributed by atoms with Crippen molar-refractivity contribution in [3.63, 3.8) is 0 Å². The van der Waals surface area contributed by atoms with Crippen LogP contribution in [0.4, 0.5) is 0 Å². The lowest BCUT2D eigenvalue weighted by molar-refractivity contribution is -0.140. The number of carboxylic acids is 1. The summed E-state index contributed by atoms with van der Waals surface area (Å²) in [6.45, 7) is -0.778. The summed E-state index contributed by atoms with van der Waals surface area (Å²) in [6.07, 6.45) is 0. The van der Waals surface area contributed by atoms with Crippen LogP contribution < -0.4 is 0 Å². The van der Waals surface area contributed by atoms with Gasteiger partial charge in [-0.1, -0.05) is 0 Å². The van der Waals surface area contributed by atoms with Crippen molar-refractivity contribution in [3.05, 3.63) is 0 Å². The van der Waals surface area contributed by atoms with E-state index in [4.69, 9.17) is 34.3 Å². The third-order valence-corrected chi connectivity index (χ3v) is 0.135. The second-order valence-corrected chi connectivity index (χ2v) is 2.09. The minimum atomic E-state index is -4.64. The van der Waals surface area contributed by atoms with Crippen LogP contribution >= 0.6 is 7.82 Å². The topological polar surface area (TPSA) is 135 Å². The molecule has 0 fully saturated rings. The highest BCUT2D eigenvalue weighted by molar-refractivity contribution is 7.45. The molecule has 0 saturated carbocycles. The van der Waals surface area contributed by atoms with Crippen LogP contribution in [0.25, 0.3) is 0 Å². The van der Waals surface area contributed by atoms with Crippen molar-refractivity contribution in [2.75, 3.05) is 6.61 Å². The van der Waals surface area contributed by atoms with Crippen molar-refractivity contribution in [1.29, 1.82) is 0 Å². The van der Waals surface area contributed by atoms with Gasteiger partial charge in [-0.2, -0.15) is 0 Å². The molecular weight excluding hydrogens is 167 g/mol. The molecule has 0 spiro atoms. The maximum absolute atomic E-state index is 9.12. The van der Waals surface area contributed by atoms with Gasteiger partial charge in [-0.05, 0) is 0 Å². The highest BCUT2D eigenvalue weighted by Gasteiger charge is 2.00. The first-order valence-corrected chi connectivity index (χ1v) is 3.45. The molecule has 0 saturated heterocycles. The summed E-state index contributed by atoms with van der Waals surface area (Å²) in [5.41, 5.74) is 0. The summed E-state index contributed by atoms with van der Waals surface area (Å²) in [6, 6.07) is 0. The van der Waals surface area contributed by atoms with Gasteiger partial charge in [0.15, 0.2) is 0 Å². The molecule has 0 bridgehead atoms. The Balaban J connectivity index is 0. The van der Waals surface area contributed by atoms with Gasteiger partial charge in [0.25, 0.3) is 0 Å². The van der Waals surface area contributed by atoms with Gasteiger partial charge in [-0.3, -0.25) is 0 Å². The molecule has 0 aliphatic heterocycles. The molecule has 7 nitrogen and oxygen atoms in total. The molecule has 0 aliphatic carbocycles. The van der Waals surface area contributed by atoms with Crippen LogP contribution in [0, 0.1) is 0 Å². The van der Waals surface area contributed by atoms with E-state index in [1.165, 1.54) is 0 Å². The monoisotopic (exact) mass is 174 g/mol. The Kier molecular flexibility index (Phi) is 6.53. The van der Waals surface area contributed by atoms with Crippen LogP contribution in [0.1, 0.15) is 0 Å². The summed E-state index contributed by atoms with van der Waals surface area (Å²) >= 11 is 0. The number of aliphatic carboxylic acids is 1. The first-order chi connectivity index (χ1) is 4.27. The van der Waals surface area contributed by atoms with E-state index in [9.17, 15) is 0 Å². The van der Waals surface area contributed by atoms with E-state index in [0.29, 0.717) is 0 Å². The van der Waals surface area contributed by atoms with Gasteiger partial charge in [-0.15, -0.1) is 0 Å². The minimum absolute atomic E-state index is 0.778. The fourth-order valence-electron chi connectivity index (χ4n) is 0. The zero-order valence-electron chi connectivity index (χ0n) is 4.71. The standard InChI is InChI=1S/C2H4O3.H3O4P/c3-1-2(4)5;1-5(2,3)4/h3H,1H2,(H,4,5);(H3,1,2,3,4). The number of rotatable bonds is 1. The lowest BCUT2D eigenvalue weighted by atomic mass is 10.8. The fourth-order valence-corrected chi connectivity index (χ4v) is 0. The highest BCUT2D eigenvalue weighted by atomic mass is 31.2. The zero-order chi connectivity index (χ0) is 8.78. The van der Waals surface area contributed by atoms with E-state index in [-0.39, 0.29) is 0 Å². The average Bonchev–Trinajstić information content (AvgIpc) is 1.61. The molecule has 0 rings (SSSR count). The lowest BCUT2D eigenvalue weighted by Gasteiger charge is -1.82. The van der Waals surface area contributed by atoms with Crippen molar-refractivity contribution in [2.45, 2.75) is 0 Å². The van der Waals surface area contributed by atoms with Crippen LogP contribution in [-0.2, 0) is 9.36 Å². The number of hydrogen-bond acceptors (Lipinski definition) is 3. The molecule has 62 valence electrons. The predicted octanol–water partition coefficient (Wildman–Crippen LogP) is -1.87. The molecule has 0 aromatic rings. The molecule has 5 N–H and O–H groups in total. The molecule has 0 aliphatic rings. The zero-order valence-corrected chi connectivity index (χ0v) is 5.60. The Morgan fingerprint density at radius 1 is 1.30 bits per heavy atom. The Bertz CT molecular complexity index is 126. The number of carbonyl (C=O) groups is 1. The number of aliphatic hydroxyl groups is 1. The second kappa shape index (κ2) is 5.33. The lowest BCUT2D eigenvalue weighted by Crippen LogP contribution is -1.98. The van der Waals surface area contributed by atoms with Crippen molar-refractivity contribution in [2.24, 2.45) is 0 Å². The van der Waals surface area contributed by atoms with E-state index in [0.717, 1.165) is 0 Å². The van der Waals surface area contributed by atoms with Crippen molar-refractivity contribution in [1.82, 2.24) is 0 Å². The highest BCUT2D eigenvalue weighted by Crippen LogP contribution is 2.25. The summed E-state index contributed by atoms with van der Waals surface area (Å²) in [5.74, 6) is -1.19. The van der Waals surface area contributed by atoms with Gasteiger partial charge in [-0.25, -0.2) is 9.36 Å². The van der Waals surface area contributed by atoms with Crippen molar-refractivity contribution < 1.29 is 34.3 Å². The van der Waals surface area contributed by atoms with Gasteiger partial charge in [0, 0.05) is 0 Å². The van der Waals surface area contributed by atoms with E-state index in [1.807, 2.05) is 0 Å². The van der Waals surface area contributed by atoms with Crippen LogP contribution in [0.2, 0.25) is 0 Å². The SMILES string of the molecule is O=C(O)CO.O=P(O)(O)O. The van der Waals surface area contributed by atoms with Crippen molar-refractivity contribution in [3.8, 4) is 0 Å². The van der Waals surface area contributed by atoms with Gasteiger partial charge in [0.2, 0.25) is 0 Å². The molecule has 0 heterocycles. The number of carboxylic acid groups (broad SMARTS) is 1. The number of phosphoric acid groups is 1. The van der Waals surface area contributed by atoms with Crippen LogP contribution in [-0.4, -0.2) is 37.5 Å². The van der Waals surface area contributed by atoms with Crippen LogP contribution in [0.15, 0.2) is 0 Å². The average molecular weight is 174 g/mol.